The molecule has 206 valence electrons. The van der Waals surface area contributed by atoms with E-state index in [4.69, 9.17) is 14.2 Å². The van der Waals surface area contributed by atoms with Gasteiger partial charge in [-0.25, -0.2) is 9.59 Å². The molecule has 0 aliphatic heterocycles. The van der Waals surface area contributed by atoms with Gasteiger partial charge in [0.1, 0.15) is 17.6 Å². The number of unbranched alkanes of at least 4 members (excludes halogenated alkanes) is 3. The van der Waals surface area contributed by atoms with Crippen LogP contribution < -0.4 is 9.47 Å². The lowest BCUT2D eigenvalue weighted by Crippen LogP contribution is -2.22. The molecular formula is C33H44O5. The van der Waals surface area contributed by atoms with E-state index < -0.39 is 11.9 Å². The minimum atomic E-state index is -0.446. The summed E-state index contributed by atoms with van der Waals surface area (Å²) in [6, 6.07) is 14.9. The second kappa shape index (κ2) is 15.4. The summed E-state index contributed by atoms with van der Waals surface area (Å²) < 4.78 is 16.7. The Morgan fingerprint density at radius 2 is 1.55 bits per heavy atom. The highest BCUT2D eigenvalue weighted by atomic mass is 16.5. The summed E-state index contributed by atoms with van der Waals surface area (Å²) in [5, 5.41) is 0. The van der Waals surface area contributed by atoms with Gasteiger partial charge in [-0.2, -0.15) is 0 Å². The molecule has 3 rings (SSSR count). The van der Waals surface area contributed by atoms with Gasteiger partial charge in [0, 0.05) is 12.5 Å². The Bertz CT molecular complexity index is 1000. The zero-order chi connectivity index (χ0) is 27.3. The Morgan fingerprint density at radius 3 is 2.18 bits per heavy atom. The third-order valence-corrected chi connectivity index (χ3v) is 7.45. The van der Waals surface area contributed by atoms with Crippen molar-refractivity contribution in [2.75, 3.05) is 0 Å². The van der Waals surface area contributed by atoms with Crippen LogP contribution in [0.4, 0.5) is 0 Å². The molecule has 5 heteroatoms. The highest BCUT2D eigenvalue weighted by molar-refractivity contribution is 5.91. The summed E-state index contributed by atoms with van der Waals surface area (Å²) >= 11 is 0. The molecule has 0 N–H and O–H groups in total. The van der Waals surface area contributed by atoms with Crippen LogP contribution in [0.15, 0.2) is 61.2 Å². The van der Waals surface area contributed by atoms with Gasteiger partial charge < -0.3 is 14.2 Å². The number of carbonyl (C=O) groups excluding carboxylic acids is 2. The van der Waals surface area contributed by atoms with Crippen molar-refractivity contribution in [1.29, 1.82) is 0 Å². The summed E-state index contributed by atoms with van der Waals surface area (Å²) in [5.74, 6) is 1.85. The second-order valence-corrected chi connectivity index (χ2v) is 10.7. The first-order valence-corrected chi connectivity index (χ1v) is 14.3. The van der Waals surface area contributed by atoms with E-state index in [2.05, 4.69) is 25.6 Å². The van der Waals surface area contributed by atoms with Gasteiger partial charge >= 0.3 is 11.9 Å². The lowest BCUT2D eigenvalue weighted by atomic mass is 9.77. The van der Waals surface area contributed by atoms with Crippen molar-refractivity contribution < 1.29 is 23.8 Å². The molecule has 0 aromatic heterocycles. The molecule has 0 spiro atoms. The zero-order valence-electron chi connectivity index (χ0n) is 23.3. The standard InChI is InChI=1S/C33H44O5/c1-5-7-8-9-10-26-11-13-27(14-12-26)28-15-19-31(20-16-28)38-33(35)29-17-21-30(22-18-29)36-24(3)23-25(4)37-32(34)6-2/h6,15-22,24-27H,2,5,7-14,23H2,1,3-4H3/t24-,25+,26?,27?/m1/s1. The molecule has 1 saturated carbocycles. The average molecular weight is 521 g/mol. The Kier molecular flexibility index (Phi) is 11.9. The van der Waals surface area contributed by atoms with Crippen molar-refractivity contribution in [3.63, 3.8) is 0 Å². The van der Waals surface area contributed by atoms with E-state index in [1.807, 2.05) is 26.0 Å². The minimum absolute atomic E-state index is 0.167. The fourth-order valence-electron chi connectivity index (χ4n) is 5.33. The van der Waals surface area contributed by atoms with Crippen LogP contribution in [0.2, 0.25) is 0 Å². The molecule has 0 amide bonds. The molecule has 0 unspecified atom stereocenters. The fraction of sp³-hybridized carbons (Fsp3) is 0.515. The maximum Gasteiger partial charge on any atom is 0.343 e. The largest absolute Gasteiger partial charge is 0.491 e. The van der Waals surface area contributed by atoms with Crippen LogP contribution in [0.1, 0.15) is 107 Å². The number of hydrogen-bond acceptors (Lipinski definition) is 5. The van der Waals surface area contributed by atoms with E-state index >= 15 is 0 Å². The molecule has 38 heavy (non-hydrogen) atoms. The van der Waals surface area contributed by atoms with Crippen LogP contribution in [-0.2, 0) is 9.53 Å². The molecule has 1 fully saturated rings. The Hall–Kier alpha value is -3.08. The first kappa shape index (κ1) is 29.5. The summed E-state index contributed by atoms with van der Waals surface area (Å²) in [6.45, 7) is 9.39. The van der Waals surface area contributed by atoms with Crippen LogP contribution in [0, 0.1) is 5.92 Å². The predicted molar refractivity (Wildman–Crippen MR) is 152 cm³/mol. The van der Waals surface area contributed by atoms with Gasteiger partial charge in [0.2, 0.25) is 0 Å². The Balaban J connectivity index is 1.43. The first-order valence-electron chi connectivity index (χ1n) is 14.3. The molecule has 1 aliphatic rings. The van der Waals surface area contributed by atoms with E-state index in [1.54, 1.807) is 24.3 Å². The SMILES string of the molecule is C=CC(=O)O[C@@H](C)C[C@@H](C)Oc1ccc(C(=O)Oc2ccc(C3CCC(CCCCCC)CC3)cc2)cc1. The van der Waals surface area contributed by atoms with Crippen molar-refractivity contribution >= 4 is 11.9 Å². The van der Waals surface area contributed by atoms with Gasteiger partial charge in [-0.3, -0.25) is 0 Å². The van der Waals surface area contributed by atoms with Gasteiger partial charge in [0.15, 0.2) is 0 Å². The van der Waals surface area contributed by atoms with Crippen LogP contribution in [0.3, 0.4) is 0 Å². The smallest absolute Gasteiger partial charge is 0.343 e. The van der Waals surface area contributed by atoms with Crippen LogP contribution in [0.25, 0.3) is 0 Å². The van der Waals surface area contributed by atoms with Crippen molar-refractivity contribution in [1.82, 2.24) is 0 Å². The Labute approximate surface area is 228 Å². The predicted octanol–water partition coefficient (Wildman–Crippen LogP) is 8.43. The monoisotopic (exact) mass is 520 g/mol. The lowest BCUT2D eigenvalue weighted by molar-refractivity contribution is -0.143. The van der Waals surface area contributed by atoms with Gasteiger partial charge in [0.25, 0.3) is 0 Å². The Morgan fingerprint density at radius 1 is 0.895 bits per heavy atom. The fourth-order valence-corrected chi connectivity index (χ4v) is 5.33. The second-order valence-electron chi connectivity index (χ2n) is 10.7. The van der Waals surface area contributed by atoms with Gasteiger partial charge in [-0.1, -0.05) is 57.7 Å². The maximum atomic E-state index is 12.7. The molecule has 0 bridgehead atoms. The van der Waals surface area contributed by atoms with Crippen molar-refractivity contribution in [2.45, 2.75) is 103 Å². The number of benzene rings is 2. The third-order valence-electron chi connectivity index (χ3n) is 7.45. The van der Waals surface area contributed by atoms with E-state index in [0.717, 1.165) is 12.0 Å². The molecule has 0 saturated heterocycles. The summed E-state index contributed by atoms with van der Waals surface area (Å²) in [7, 11) is 0. The quantitative estimate of drug-likeness (QED) is 0.108. The summed E-state index contributed by atoms with van der Waals surface area (Å²) in [5.41, 5.74) is 1.80. The minimum Gasteiger partial charge on any atom is -0.491 e. The number of esters is 2. The summed E-state index contributed by atoms with van der Waals surface area (Å²) in [4.78, 5) is 24.0. The molecule has 2 atom stereocenters. The number of ether oxygens (including phenoxy) is 3. The van der Waals surface area contributed by atoms with Gasteiger partial charge in [-0.05, 0) is 93.3 Å². The molecule has 1 aliphatic carbocycles. The van der Waals surface area contributed by atoms with E-state index in [9.17, 15) is 9.59 Å². The van der Waals surface area contributed by atoms with Crippen LogP contribution in [-0.4, -0.2) is 24.1 Å². The molecule has 2 aromatic carbocycles. The van der Waals surface area contributed by atoms with Crippen LogP contribution in [0.5, 0.6) is 11.5 Å². The highest BCUT2D eigenvalue weighted by Gasteiger charge is 2.22. The third kappa shape index (κ3) is 9.66. The topological polar surface area (TPSA) is 61.8 Å². The van der Waals surface area contributed by atoms with E-state index in [0.29, 0.717) is 29.4 Å². The normalized spacial score (nSPS) is 18.7. The maximum absolute atomic E-state index is 12.7. The number of rotatable bonds is 14. The van der Waals surface area contributed by atoms with Gasteiger partial charge in [-0.15, -0.1) is 0 Å². The van der Waals surface area contributed by atoms with Gasteiger partial charge in [0.05, 0.1) is 11.7 Å². The lowest BCUT2D eigenvalue weighted by Gasteiger charge is -2.29. The average Bonchev–Trinajstić information content (AvgIpc) is 2.92. The highest BCUT2D eigenvalue weighted by Crippen LogP contribution is 2.38. The van der Waals surface area contributed by atoms with Crippen LogP contribution >= 0.6 is 0 Å². The van der Waals surface area contributed by atoms with E-state index in [-0.39, 0.29) is 12.2 Å². The van der Waals surface area contributed by atoms with Crippen molar-refractivity contribution in [2.24, 2.45) is 5.92 Å². The molecular weight excluding hydrogens is 476 g/mol. The number of carbonyl (C=O) groups is 2. The molecule has 2 aromatic rings. The molecule has 0 heterocycles. The number of hydrogen-bond donors (Lipinski definition) is 0. The summed E-state index contributed by atoms with van der Waals surface area (Å²) in [6.07, 6.45) is 13.2. The van der Waals surface area contributed by atoms with E-state index in [1.165, 1.54) is 63.4 Å². The van der Waals surface area contributed by atoms with Crippen molar-refractivity contribution in [3.8, 4) is 11.5 Å². The zero-order valence-corrected chi connectivity index (χ0v) is 23.3. The molecule has 0 radical (unpaired) electrons. The first-order chi connectivity index (χ1) is 18.4. The molecule has 5 nitrogen and oxygen atoms in total. The van der Waals surface area contributed by atoms with Crippen molar-refractivity contribution in [3.05, 3.63) is 72.3 Å².